The molecule has 0 saturated carbocycles. The molecule has 12 heavy (non-hydrogen) atoms. The molecular weight excluding hydrogens is 154 g/mol. The monoisotopic (exact) mass is 165 g/mol. The number of phenols is 1. The van der Waals surface area contributed by atoms with Gasteiger partial charge in [0.15, 0.2) is 0 Å². The molecular formula is C9H11NO2. The summed E-state index contributed by atoms with van der Waals surface area (Å²) in [5.41, 5.74) is 1.67. The number of aryl methyl sites for hydroxylation is 1. The Kier molecular flexibility index (Phi) is 2.69. The lowest BCUT2D eigenvalue weighted by atomic mass is 10.1. The average molecular weight is 165 g/mol. The van der Waals surface area contributed by atoms with E-state index in [0.717, 1.165) is 11.1 Å². The Morgan fingerprint density at radius 1 is 1.50 bits per heavy atom. The third-order valence-electron chi connectivity index (χ3n) is 1.54. The molecule has 0 aliphatic heterocycles. The zero-order valence-corrected chi connectivity index (χ0v) is 7.11. The van der Waals surface area contributed by atoms with Crippen LogP contribution in [0, 0.1) is 6.92 Å². The summed E-state index contributed by atoms with van der Waals surface area (Å²) in [7, 11) is 1.48. The van der Waals surface area contributed by atoms with Crippen molar-refractivity contribution in [3.8, 4) is 5.75 Å². The van der Waals surface area contributed by atoms with Gasteiger partial charge in [-0.25, -0.2) is 0 Å². The Morgan fingerprint density at radius 2 is 2.25 bits per heavy atom. The molecule has 0 radical (unpaired) electrons. The van der Waals surface area contributed by atoms with Crippen molar-refractivity contribution in [1.29, 1.82) is 0 Å². The molecule has 1 N–H and O–H groups in total. The number of aromatic hydroxyl groups is 1. The summed E-state index contributed by atoms with van der Waals surface area (Å²) >= 11 is 0. The molecule has 0 atom stereocenters. The zero-order chi connectivity index (χ0) is 8.97. The SMILES string of the molecule is CO/N=C\c1ccc(C)c(O)c1. The van der Waals surface area contributed by atoms with Crippen molar-refractivity contribution in [3.63, 3.8) is 0 Å². The van der Waals surface area contributed by atoms with E-state index in [9.17, 15) is 5.11 Å². The highest BCUT2D eigenvalue weighted by Gasteiger charge is 1.95. The van der Waals surface area contributed by atoms with Crippen molar-refractivity contribution in [2.24, 2.45) is 5.16 Å². The molecule has 0 aliphatic carbocycles. The van der Waals surface area contributed by atoms with Gasteiger partial charge in [-0.2, -0.15) is 0 Å². The molecule has 0 aliphatic rings. The van der Waals surface area contributed by atoms with E-state index in [2.05, 4.69) is 9.99 Å². The molecule has 0 unspecified atom stereocenters. The van der Waals surface area contributed by atoms with Crippen LogP contribution in [-0.4, -0.2) is 18.4 Å². The predicted octanol–water partition coefficient (Wildman–Crippen LogP) is 1.68. The van der Waals surface area contributed by atoms with Gasteiger partial charge in [0.1, 0.15) is 12.9 Å². The minimum atomic E-state index is 0.273. The lowest BCUT2D eigenvalue weighted by Gasteiger charge is -1.98. The van der Waals surface area contributed by atoms with Gasteiger partial charge in [-0.05, 0) is 24.1 Å². The molecule has 0 fully saturated rings. The first-order chi connectivity index (χ1) is 5.74. The lowest BCUT2D eigenvalue weighted by Crippen LogP contribution is -1.83. The topological polar surface area (TPSA) is 41.8 Å². The number of phenolic OH excluding ortho intramolecular Hbond substituents is 1. The van der Waals surface area contributed by atoms with Crippen LogP contribution in [0.5, 0.6) is 5.75 Å². The maximum atomic E-state index is 9.30. The molecule has 0 saturated heterocycles. The standard InChI is InChI=1S/C9H11NO2/c1-7-3-4-8(5-9(7)11)6-10-12-2/h3-6,11H,1-2H3/b10-6-. The minimum Gasteiger partial charge on any atom is -0.508 e. The second-order valence-electron chi connectivity index (χ2n) is 2.46. The summed E-state index contributed by atoms with van der Waals surface area (Å²) in [6.45, 7) is 1.84. The fourth-order valence-corrected chi connectivity index (χ4v) is 0.820. The highest BCUT2D eigenvalue weighted by Crippen LogP contribution is 2.15. The molecule has 1 aromatic rings. The molecule has 0 aromatic heterocycles. The van der Waals surface area contributed by atoms with Crippen molar-refractivity contribution < 1.29 is 9.94 Å². The van der Waals surface area contributed by atoms with Crippen LogP contribution in [0.1, 0.15) is 11.1 Å². The van der Waals surface area contributed by atoms with Crippen LogP contribution in [0.2, 0.25) is 0 Å². The van der Waals surface area contributed by atoms with E-state index in [0.29, 0.717) is 0 Å². The minimum absolute atomic E-state index is 0.273. The summed E-state index contributed by atoms with van der Waals surface area (Å²) in [4.78, 5) is 4.50. The van der Waals surface area contributed by atoms with Gasteiger partial charge in [-0.15, -0.1) is 0 Å². The van der Waals surface area contributed by atoms with E-state index in [4.69, 9.17) is 0 Å². The van der Waals surface area contributed by atoms with Crippen molar-refractivity contribution in [1.82, 2.24) is 0 Å². The van der Waals surface area contributed by atoms with E-state index in [1.54, 1.807) is 12.3 Å². The summed E-state index contributed by atoms with van der Waals surface area (Å²) in [6.07, 6.45) is 1.54. The van der Waals surface area contributed by atoms with Crippen molar-refractivity contribution in [2.45, 2.75) is 6.92 Å². The first-order valence-corrected chi connectivity index (χ1v) is 3.60. The van der Waals surface area contributed by atoms with Crippen LogP contribution in [0.3, 0.4) is 0 Å². The van der Waals surface area contributed by atoms with Gasteiger partial charge < -0.3 is 9.94 Å². The fraction of sp³-hybridized carbons (Fsp3) is 0.222. The van der Waals surface area contributed by atoms with Gasteiger partial charge in [0.05, 0.1) is 6.21 Å². The second kappa shape index (κ2) is 3.76. The maximum Gasteiger partial charge on any atom is 0.119 e. The van der Waals surface area contributed by atoms with E-state index in [1.165, 1.54) is 7.11 Å². The summed E-state index contributed by atoms with van der Waals surface area (Å²) in [6, 6.07) is 5.32. The Labute approximate surface area is 71.3 Å². The van der Waals surface area contributed by atoms with Crippen LogP contribution in [0.15, 0.2) is 23.4 Å². The van der Waals surface area contributed by atoms with Crippen LogP contribution < -0.4 is 0 Å². The Hall–Kier alpha value is -1.51. The van der Waals surface area contributed by atoms with E-state index in [1.807, 2.05) is 19.1 Å². The fourth-order valence-electron chi connectivity index (χ4n) is 0.820. The molecule has 0 bridgehead atoms. The van der Waals surface area contributed by atoms with Gasteiger partial charge in [0.25, 0.3) is 0 Å². The number of rotatable bonds is 2. The first kappa shape index (κ1) is 8.59. The van der Waals surface area contributed by atoms with Crippen LogP contribution >= 0.6 is 0 Å². The van der Waals surface area contributed by atoms with E-state index < -0.39 is 0 Å². The lowest BCUT2D eigenvalue weighted by molar-refractivity contribution is 0.215. The number of oxime groups is 1. The molecule has 3 heteroatoms. The second-order valence-corrected chi connectivity index (χ2v) is 2.46. The van der Waals surface area contributed by atoms with Gasteiger partial charge in [-0.3, -0.25) is 0 Å². The van der Waals surface area contributed by atoms with E-state index in [-0.39, 0.29) is 5.75 Å². The Bertz CT molecular complexity index is 295. The quantitative estimate of drug-likeness (QED) is 0.535. The third-order valence-corrected chi connectivity index (χ3v) is 1.54. The molecule has 0 amide bonds. The number of hydrogen-bond acceptors (Lipinski definition) is 3. The number of hydrogen-bond donors (Lipinski definition) is 1. The van der Waals surface area contributed by atoms with Crippen LogP contribution in [0.4, 0.5) is 0 Å². The highest BCUT2D eigenvalue weighted by molar-refractivity contribution is 5.79. The Balaban J connectivity index is 2.89. The van der Waals surface area contributed by atoms with Gasteiger partial charge in [0.2, 0.25) is 0 Å². The molecule has 3 nitrogen and oxygen atoms in total. The van der Waals surface area contributed by atoms with Crippen LogP contribution in [0.25, 0.3) is 0 Å². The normalized spacial score (nSPS) is 10.5. The van der Waals surface area contributed by atoms with Gasteiger partial charge in [-0.1, -0.05) is 17.3 Å². The van der Waals surface area contributed by atoms with Crippen molar-refractivity contribution in [2.75, 3.05) is 7.11 Å². The Morgan fingerprint density at radius 3 is 2.83 bits per heavy atom. The molecule has 1 aromatic carbocycles. The van der Waals surface area contributed by atoms with Gasteiger partial charge >= 0.3 is 0 Å². The highest BCUT2D eigenvalue weighted by atomic mass is 16.6. The van der Waals surface area contributed by atoms with E-state index >= 15 is 0 Å². The molecule has 0 heterocycles. The van der Waals surface area contributed by atoms with Crippen molar-refractivity contribution >= 4 is 6.21 Å². The smallest absolute Gasteiger partial charge is 0.119 e. The zero-order valence-electron chi connectivity index (χ0n) is 7.11. The summed E-state index contributed by atoms with van der Waals surface area (Å²) < 4.78 is 0. The van der Waals surface area contributed by atoms with Crippen LogP contribution in [-0.2, 0) is 4.84 Å². The average Bonchev–Trinajstić information content (AvgIpc) is 2.07. The van der Waals surface area contributed by atoms with Crippen molar-refractivity contribution in [3.05, 3.63) is 29.3 Å². The predicted molar refractivity (Wildman–Crippen MR) is 47.4 cm³/mol. The third kappa shape index (κ3) is 1.99. The molecule has 0 spiro atoms. The number of benzene rings is 1. The van der Waals surface area contributed by atoms with Gasteiger partial charge in [0, 0.05) is 0 Å². The first-order valence-electron chi connectivity index (χ1n) is 3.60. The molecule has 64 valence electrons. The summed E-state index contributed by atoms with van der Waals surface area (Å²) in [5.74, 6) is 0.273. The molecule has 1 rings (SSSR count). The maximum absolute atomic E-state index is 9.30. The number of nitrogens with zero attached hydrogens (tertiary/aromatic N) is 1. The summed E-state index contributed by atoms with van der Waals surface area (Å²) in [5, 5.41) is 12.9. The largest absolute Gasteiger partial charge is 0.508 e.